The first-order chi connectivity index (χ1) is 22.0. The fourth-order valence-corrected chi connectivity index (χ4v) is 5.01. The number of benzene rings is 2. The third kappa shape index (κ3) is 10.4. The van der Waals surface area contributed by atoms with Crippen LogP contribution in [0.5, 0.6) is 5.75 Å². The number of aromatic nitrogens is 4. The summed E-state index contributed by atoms with van der Waals surface area (Å²) in [5, 5.41) is 28.3. The second kappa shape index (κ2) is 17.1. The van der Waals surface area contributed by atoms with E-state index in [1.54, 1.807) is 30.9 Å². The SMILES string of the molecule is CCN(CC)c1nccc(-c2ccc(OC[C@@H]3CO[C@@](Cn4ccnc4)(c4ccc(Cl)cc4Cl)O3)cc2)n1.O=[N+]([O-])O.O=[N+]([O-])O. The Morgan fingerprint density at radius 3 is 2.33 bits per heavy atom. The number of halogens is 2. The number of ether oxygens (including phenoxy) is 3. The van der Waals surface area contributed by atoms with Gasteiger partial charge in [-0.1, -0.05) is 29.3 Å². The zero-order chi connectivity index (χ0) is 33.7. The molecule has 0 aliphatic carbocycles. The van der Waals surface area contributed by atoms with Gasteiger partial charge in [0.05, 0.1) is 30.2 Å². The molecule has 5 rings (SSSR count). The van der Waals surface area contributed by atoms with Gasteiger partial charge in [-0.15, -0.1) is 20.2 Å². The van der Waals surface area contributed by atoms with Gasteiger partial charge in [-0.25, -0.2) is 15.0 Å². The molecule has 0 amide bonds. The van der Waals surface area contributed by atoms with Crippen LogP contribution in [0.2, 0.25) is 10.0 Å². The van der Waals surface area contributed by atoms with Crippen molar-refractivity contribution in [2.75, 3.05) is 31.2 Å². The summed E-state index contributed by atoms with van der Waals surface area (Å²) in [6.07, 6.45) is 6.77. The van der Waals surface area contributed by atoms with Crippen molar-refractivity contribution >= 4 is 29.2 Å². The van der Waals surface area contributed by atoms with Crippen LogP contribution in [0.4, 0.5) is 5.95 Å². The monoisotopic (exact) mass is 679 g/mol. The van der Waals surface area contributed by atoms with Gasteiger partial charge < -0.3 is 34.1 Å². The highest BCUT2D eigenvalue weighted by Crippen LogP contribution is 2.40. The van der Waals surface area contributed by atoms with E-state index < -0.39 is 16.0 Å². The number of rotatable bonds is 10. The van der Waals surface area contributed by atoms with Crippen LogP contribution < -0.4 is 9.64 Å². The van der Waals surface area contributed by atoms with Gasteiger partial charge in [0.2, 0.25) is 11.7 Å². The highest BCUT2D eigenvalue weighted by atomic mass is 35.5. The summed E-state index contributed by atoms with van der Waals surface area (Å²) in [5.74, 6) is 0.369. The third-order valence-electron chi connectivity index (χ3n) is 6.43. The van der Waals surface area contributed by atoms with Crippen molar-refractivity contribution in [2.45, 2.75) is 32.3 Å². The predicted molar refractivity (Wildman–Crippen MR) is 165 cm³/mol. The molecule has 16 nitrogen and oxygen atoms in total. The van der Waals surface area contributed by atoms with Crippen molar-refractivity contribution in [1.29, 1.82) is 0 Å². The second-order valence-corrected chi connectivity index (χ2v) is 10.2. The lowest BCUT2D eigenvalue weighted by Crippen LogP contribution is -2.34. The average Bonchev–Trinajstić information content (AvgIpc) is 3.67. The Kier molecular flexibility index (Phi) is 13.2. The van der Waals surface area contributed by atoms with E-state index in [4.69, 9.17) is 73.0 Å². The summed E-state index contributed by atoms with van der Waals surface area (Å²) in [7, 11) is 0. The molecule has 2 aromatic carbocycles. The third-order valence-corrected chi connectivity index (χ3v) is 6.97. The lowest BCUT2D eigenvalue weighted by atomic mass is 10.1. The van der Waals surface area contributed by atoms with Gasteiger partial charge in [-0.3, -0.25) is 0 Å². The summed E-state index contributed by atoms with van der Waals surface area (Å²) < 4.78 is 20.7. The van der Waals surface area contributed by atoms with Gasteiger partial charge in [-0.2, -0.15) is 0 Å². The molecule has 4 aromatic rings. The number of imidazole rings is 1. The van der Waals surface area contributed by atoms with Crippen LogP contribution in [0, 0.1) is 20.2 Å². The first-order valence-corrected chi connectivity index (χ1v) is 14.4. The normalized spacial score (nSPS) is 16.7. The number of anilines is 1. The second-order valence-electron chi connectivity index (χ2n) is 9.39. The number of hydrogen-bond donors (Lipinski definition) is 2. The van der Waals surface area contributed by atoms with E-state index in [0.29, 0.717) is 35.4 Å². The van der Waals surface area contributed by atoms with Crippen LogP contribution in [0.3, 0.4) is 0 Å². The molecule has 0 bridgehead atoms. The van der Waals surface area contributed by atoms with Crippen LogP contribution in [0.1, 0.15) is 19.4 Å². The molecule has 0 spiro atoms. The van der Waals surface area contributed by atoms with Crippen molar-refractivity contribution in [1.82, 2.24) is 19.5 Å². The molecular formula is C28H31Cl2N7O9. The first-order valence-electron chi connectivity index (χ1n) is 13.7. The van der Waals surface area contributed by atoms with Crippen molar-refractivity contribution in [3.8, 4) is 17.0 Å². The summed E-state index contributed by atoms with van der Waals surface area (Å²) in [6.45, 7) is 6.94. The number of nitrogens with zero attached hydrogens (tertiary/aromatic N) is 7. The Morgan fingerprint density at radius 1 is 1.07 bits per heavy atom. The molecule has 46 heavy (non-hydrogen) atoms. The molecule has 1 saturated heterocycles. The van der Waals surface area contributed by atoms with Gasteiger partial charge in [0, 0.05) is 47.8 Å². The minimum absolute atomic E-state index is 0.302. The molecule has 2 N–H and O–H groups in total. The molecule has 0 radical (unpaired) electrons. The minimum atomic E-state index is -1.50. The highest BCUT2D eigenvalue weighted by molar-refractivity contribution is 6.35. The maximum absolute atomic E-state index is 8.36. The van der Waals surface area contributed by atoms with Crippen molar-refractivity contribution in [3.05, 3.63) is 109 Å². The van der Waals surface area contributed by atoms with Crippen molar-refractivity contribution in [3.63, 3.8) is 0 Å². The van der Waals surface area contributed by atoms with Gasteiger partial charge in [0.25, 0.3) is 10.2 Å². The Labute approximate surface area is 272 Å². The van der Waals surface area contributed by atoms with Crippen molar-refractivity contribution in [2.24, 2.45) is 0 Å². The summed E-state index contributed by atoms with van der Waals surface area (Å²) in [6, 6.07) is 15.1. The quantitative estimate of drug-likeness (QED) is 0.165. The van der Waals surface area contributed by atoms with Crippen LogP contribution in [-0.4, -0.2) is 72.5 Å². The van der Waals surface area contributed by atoms with E-state index in [9.17, 15) is 0 Å². The molecule has 246 valence electrons. The van der Waals surface area contributed by atoms with E-state index in [1.807, 2.05) is 47.2 Å². The fourth-order valence-electron chi connectivity index (χ4n) is 4.45. The summed E-state index contributed by atoms with van der Waals surface area (Å²) in [5.41, 5.74) is 2.56. The molecule has 2 atom stereocenters. The van der Waals surface area contributed by atoms with Crippen LogP contribution in [0.25, 0.3) is 11.3 Å². The largest absolute Gasteiger partial charge is 0.491 e. The van der Waals surface area contributed by atoms with Crippen LogP contribution in [-0.2, 0) is 21.8 Å². The highest BCUT2D eigenvalue weighted by Gasteiger charge is 2.45. The molecule has 3 heterocycles. The standard InChI is InChI=1S/C28H29Cl2N5O3.2HNO3/c1-3-35(4-2)27-32-12-11-26(33-27)20-5-8-22(9-6-20)36-16-23-17-37-28(38-23,18-34-14-13-31-19-34)24-10-7-21(29)15-25(24)30;2*2-1(3)4/h5-15,19,23H,3-4,16-18H2,1-2H3;2*(H,2,3,4)/t23-,28-;;/m1../s1. The molecule has 0 unspecified atom stereocenters. The Hall–Kier alpha value is -4.77. The van der Waals surface area contributed by atoms with E-state index >= 15 is 0 Å². The van der Waals surface area contributed by atoms with Gasteiger partial charge in [-0.05, 0) is 56.3 Å². The molecular weight excluding hydrogens is 649 g/mol. The Balaban J connectivity index is 0.000000647. The van der Waals surface area contributed by atoms with E-state index in [1.165, 1.54) is 0 Å². The predicted octanol–water partition coefficient (Wildman–Crippen LogP) is 5.15. The van der Waals surface area contributed by atoms with E-state index in [0.717, 1.165) is 36.0 Å². The topological polar surface area (TPSA) is 201 Å². The van der Waals surface area contributed by atoms with Crippen molar-refractivity contribution < 1.29 is 34.8 Å². The van der Waals surface area contributed by atoms with E-state index in [-0.39, 0.29) is 6.10 Å². The lowest BCUT2D eigenvalue weighted by molar-refractivity contribution is -0.742. The van der Waals surface area contributed by atoms with Gasteiger partial charge in [0.1, 0.15) is 18.5 Å². The van der Waals surface area contributed by atoms with Gasteiger partial charge >= 0.3 is 0 Å². The summed E-state index contributed by atoms with van der Waals surface area (Å²) >= 11 is 12.7. The zero-order valence-electron chi connectivity index (χ0n) is 24.7. The molecule has 2 aromatic heterocycles. The minimum Gasteiger partial charge on any atom is -0.491 e. The van der Waals surface area contributed by atoms with E-state index in [2.05, 4.69) is 28.7 Å². The Bertz CT molecular complexity index is 1540. The maximum atomic E-state index is 8.36. The Morgan fingerprint density at radius 2 is 1.74 bits per heavy atom. The maximum Gasteiger partial charge on any atom is 0.291 e. The fraction of sp³-hybridized carbons (Fsp3) is 0.321. The van der Waals surface area contributed by atoms with Gasteiger partial charge in [0.15, 0.2) is 0 Å². The first kappa shape index (κ1) is 35.7. The van der Waals surface area contributed by atoms with Crippen LogP contribution in [0.15, 0.2) is 73.4 Å². The molecule has 1 aliphatic heterocycles. The molecule has 0 saturated carbocycles. The molecule has 1 aliphatic rings. The average molecular weight is 681 g/mol. The molecule has 1 fully saturated rings. The summed E-state index contributed by atoms with van der Waals surface area (Å²) in [4.78, 5) is 32.1. The smallest absolute Gasteiger partial charge is 0.291 e. The zero-order valence-corrected chi connectivity index (χ0v) is 26.2. The lowest BCUT2D eigenvalue weighted by Gasteiger charge is -2.30. The number of hydrogen-bond acceptors (Lipinski definition) is 11. The van der Waals surface area contributed by atoms with Crippen LogP contribution >= 0.6 is 23.2 Å². The molecule has 18 heteroatoms.